The third-order valence-corrected chi connectivity index (χ3v) is 4.30. The van der Waals surface area contributed by atoms with E-state index in [1.807, 2.05) is 24.3 Å². The number of benzene rings is 2. The van der Waals surface area contributed by atoms with Crippen LogP contribution in [-0.2, 0) is 11.2 Å². The molecule has 4 heteroatoms. The highest BCUT2D eigenvalue weighted by Gasteiger charge is 2.24. The van der Waals surface area contributed by atoms with E-state index >= 15 is 0 Å². The predicted molar refractivity (Wildman–Crippen MR) is 85.1 cm³/mol. The number of hydrogen-bond donors (Lipinski definition) is 1. The summed E-state index contributed by atoms with van der Waals surface area (Å²) in [7, 11) is 0. The van der Waals surface area contributed by atoms with Crippen LogP contribution >= 0.6 is 15.9 Å². The summed E-state index contributed by atoms with van der Waals surface area (Å²) >= 11 is 3.31. The number of ketones is 1. The van der Waals surface area contributed by atoms with Crippen molar-refractivity contribution in [2.75, 3.05) is 11.9 Å². The molecule has 0 radical (unpaired) electrons. The fourth-order valence-corrected chi connectivity index (χ4v) is 3.19. The molecule has 1 heterocycles. The molecule has 1 aliphatic heterocycles. The first kappa shape index (κ1) is 14.3. The number of carbonyl (C=O) groups excluding carboxylic acids is 1. The molecule has 1 atom stereocenters. The van der Waals surface area contributed by atoms with Crippen LogP contribution in [0, 0.1) is 5.82 Å². The smallest absolute Gasteiger partial charge is 0.138 e. The topological polar surface area (TPSA) is 29.1 Å². The Hall–Kier alpha value is -1.68. The van der Waals surface area contributed by atoms with Crippen LogP contribution in [0.1, 0.15) is 23.5 Å². The van der Waals surface area contributed by atoms with Crippen molar-refractivity contribution in [3.8, 4) is 0 Å². The largest absolute Gasteiger partial charge is 0.384 e. The lowest BCUT2D eigenvalue weighted by Gasteiger charge is -2.10. The lowest BCUT2D eigenvalue weighted by molar-refractivity contribution is -0.118. The molecule has 0 aliphatic carbocycles. The van der Waals surface area contributed by atoms with Gasteiger partial charge in [-0.05, 0) is 35.4 Å². The highest BCUT2D eigenvalue weighted by atomic mass is 79.9. The molecule has 2 nitrogen and oxygen atoms in total. The van der Waals surface area contributed by atoms with Gasteiger partial charge in [0.15, 0.2) is 0 Å². The van der Waals surface area contributed by atoms with Crippen LogP contribution in [0.3, 0.4) is 0 Å². The fraction of sp³-hybridized carbons (Fsp3) is 0.235. The Balaban J connectivity index is 1.69. The van der Waals surface area contributed by atoms with E-state index in [-0.39, 0.29) is 23.9 Å². The maximum Gasteiger partial charge on any atom is 0.138 e. The third-order valence-electron chi connectivity index (χ3n) is 3.81. The van der Waals surface area contributed by atoms with Crippen LogP contribution in [0.5, 0.6) is 0 Å². The molecule has 0 saturated heterocycles. The Labute approximate surface area is 131 Å². The summed E-state index contributed by atoms with van der Waals surface area (Å²) in [6, 6.07) is 12.7. The van der Waals surface area contributed by atoms with Gasteiger partial charge in [-0.25, -0.2) is 4.39 Å². The molecule has 3 rings (SSSR count). The Morgan fingerprint density at radius 3 is 2.95 bits per heavy atom. The summed E-state index contributed by atoms with van der Waals surface area (Å²) in [5, 5.41) is 3.31. The van der Waals surface area contributed by atoms with Crippen molar-refractivity contribution in [1.82, 2.24) is 0 Å². The fourth-order valence-electron chi connectivity index (χ4n) is 2.78. The maximum atomic E-state index is 13.7. The van der Waals surface area contributed by atoms with E-state index in [9.17, 15) is 9.18 Å². The zero-order chi connectivity index (χ0) is 14.8. The van der Waals surface area contributed by atoms with Crippen molar-refractivity contribution in [3.05, 3.63) is 63.9 Å². The summed E-state index contributed by atoms with van der Waals surface area (Å²) < 4.78 is 14.5. The number of anilines is 1. The van der Waals surface area contributed by atoms with Crippen LogP contribution in [-0.4, -0.2) is 12.3 Å². The second-order valence-electron chi connectivity index (χ2n) is 5.32. The third kappa shape index (κ3) is 3.16. The van der Waals surface area contributed by atoms with Crippen LogP contribution in [0.4, 0.5) is 10.1 Å². The van der Waals surface area contributed by atoms with Gasteiger partial charge in [-0.1, -0.05) is 34.1 Å². The molecule has 2 aromatic carbocycles. The van der Waals surface area contributed by atoms with E-state index in [4.69, 9.17) is 0 Å². The SMILES string of the molecule is O=C(Cc1cc(Br)ccc1F)CC1CNc2ccccc21. The average Bonchev–Trinajstić information content (AvgIpc) is 2.86. The predicted octanol–water partition coefficient (Wildman–Crippen LogP) is 4.30. The molecule has 0 spiro atoms. The number of hydrogen-bond acceptors (Lipinski definition) is 2. The van der Waals surface area contributed by atoms with Crippen LogP contribution in [0.25, 0.3) is 0 Å². The quantitative estimate of drug-likeness (QED) is 0.893. The molecular formula is C17H15BrFNO. The molecule has 0 bridgehead atoms. The second-order valence-corrected chi connectivity index (χ2v) is 6.24. The van der Waals surface area contributed by atoms with Crippen LogP contribution in [0.15, 0.2) is 46.9 Å². The van der Waals surface area contributed by atoms with Gasteiger partial charge in [0.05, 0.1) is 0 Å². The molecule has 1 aliphatic rings. The number of nitrogens with one attached hydrogen (secondary N) is 1. The van der Waals surface area contributed by atoms with Crippen molar-refractivity contribution < 1.29 is 9.18 Å². The molecule has 108 valence electrons. The van der Waals surface area contributed by atoms with Crippen molar-refractivity contribution in [2.24, 2.45) is 0 Å². The highest BCUT2D eigenvalue weighted by Crippen LogP contribution is 2.33. The van der Waals surface area contributed by atoms with E-state index in [0.717, 1.165) is 16.7 Å². The molecule has 1 unspecified atom stereocenters. The summed E-state index contributed by atoms with van der Waals surface area (Å²) in [6.07, 6.45) is 0.583. The molecule has 0 fully saturated rings. The summed E-state index contributed by atoms with van der Waals surface area (Å²) in [5.74, 6) is -0.0732. The number of rotatable bonds is 4. The zero-order valence-corrected chi connectivity index (χ0v) is 13.0. The highest BCUT2D eigenvalue weighted by molar-refractivity contribution is 9.10. The van der Waals surface area contributed by atoms with Gasteiger partial charge in [0.1, 0.15) is 11.6 Å². The molecule has 0 saturated carbocycles. The lowest BCUT2D eigenvalue weighted by Crippen LogP contribution is -2.12. The summed E-state index contributed by atoms with van der Waals surface area (Å²) in [5.41, 5.74) is 2.73. The maximum absolute atomic E-state index is 13.7. The van der Waals surface area contributed by atoms with Crippen LogP contribution in [0.2, 0.25) is 0 Å². The van der Waals surface area contributed by atoms with Gasteiger partial charge in [0, 0.05) is 35.5 Å². The number of para-hydroxylation sites is 1. The molecule has 0 aromatic heterocycles. The van der Waals surface area contributed by atoms with E-state index in [2.05, 4.69) is 21.2 Å². The Morgan fingerprint density at radius 1 is 1.29 bits per heavy atom. The van der Waals surface area contributed by atoms with Gasteiger partial charge < -0.3 is 5.32 Å². The first-order chi connectivity index (χ1) is 10.1. The monoisotopic (exact) mass is 347 g/mol. The second kappa shape index (κ2) is 5.98. The van der Waals surface area contributed by atoms with Crippen molar-refractivity contribution in [1.29, 1.82) is 0 Å². The van der Waals surface area contributed by atoms with Crippen molar-refractivity contribution >= 4 is 27.4 Å². The Morgan fingerprint density at radius 2 is 2.10 bits per heavy atom. The standard InChI is InChI=1S/C17H15BrFNO/c18-13-5-6-16(19)11(7-13)8-14(21)9-12-10-20-17-4-2-1-3-15(12)17/h1-7,12,20H,8-10H2. The molecular weight excluding hydrogens is 333 g/mol. The summed E-state index contributed by atoms with van der Waals surface area (Å²) in [4.78, 5) is 12.2. The number of halogens is 2. The number of carbonyl (C=O) groups is 1. The molecule has 0 amide bonds. The minimum atomic E-state index is -0.323. The minimum Gasteiger partial charge on any atom is -0.384 e. The number of fused-ring (bicyclic) bond motifs is 1. The van der Waals surface area contributed by atoms with Crippen molar-refractivity contribution in [3.63, 3.8) is 0 Å². The Kier molecular flexibility index (Phi) is 4.06. The van der Waals surface area contributed by atoms with E-state index in [1.54, 1.807) is 12.1 Å². The minimum absolute atomic E-state index is 0.0653. The van der Waals surface area contributed by atoms with Gasteiger partial charge in [-0.3, -0.25) is 4.79 Å². The molecule has 1 N–H and O–H groups in total. The van der Waals surface area contributed by atoms with Gasteiger partial charge in [-0.15, -0.1) is 0 Å². The first-order valence-corrected chi connectivity index (χ1v) is 7.71. The lowest BCUT2D eigenvalue weighted by atomic mass is 9.93. The molecule has 2 aromatic rings. The van der Waals surface area contributed by atoms with Gasteiger partial charge >= 0.3 is 0 Å². The van der Waals surface area contributed by atoms with Crippen LogP contribution < -0.4 is 5.32 Å². The zero-order valence-electron chi connectivity index (χ0n) is 11.4. The van der Waals surface area contributed by atoms with E-state index in [1.165, 1.54) is 11.6 Å². The van der Waals surface area contributed by atoms with Gasteiger partial charge in [0.2, 0.25) is 0 Å². The van der Waals surface area contributed by atoms with Gasteiger partial charge in [-0.2, -0.15) is 0 Å². The number of Topliss-reactive ketones (excluding diaryl/α,β-unsaturated/α-hetero) is 1. The summed E-state index contributed by atoms with van der Waals surface area (Å²) in [6.45, 7) is 0.770. The average molecular weight is 348 g/mol. The first-order valence-electron chi connectivity index (χ1n) is 6.92. The van der Waals surface area contributed by atoms with Gasteiger partial charge in [0.25, 0.3) is 0 Å². The van der Waals surface area contributed by atoms with E-state index in [0.29, 0.717) is 12.0 Å². The van der Waals surface area contributed by atoms with Crippen molar-refractivity contribution in [2.45, 2.75) is 18.8 Å². The van der Waals surface area contributed by atoms with E-state index < -0.39 is 0 Å². The molecule has 21 heavy (non-hydrogen) atoms. The normalized spacial score (nSPS) is 16.4. The Bertz CT molecular complexity index is 686.